The molecule has 2 heteroatoms. The minimum Gasteiger partial charge on any atom is -0.324 e. The first-order chi connectivity index (χ1) is 6.43. The molecular formula is C12H26N2. The van der Waals surface area contributed by atoms with Crippen molar-refractivity contribution in [1.82, 2.24) is 4.90 Å². The molecule has 0 aromatic heterocycles. The number of piperidine rings is 1. The average Bonchev–Trinajstić information content (AvgIpc) is 2.01. The van der Waals surface area contributed by atoms with E-state index in [2.05, 4.69) is 32.6 Å². The fourth-order valence-corrected chi connectivity index (χ4v) is 2.54. The van der Waals surface area contributed by atoms with Gasteiger partial charge in [0.2, 0.25) is 0 Å². The van der Waals surface area contributed by atoms with Crippen molar-refractivity contribution in [2.24, 2.45) is 17.6 Å². The smallest absolute Gasteiger partial charge is 0.0252 e. The van der Waals surface area contributed by atoms with Crippen molar-refractivity contribution >= 4 is 0 Å². The molecule has 1 fully saturated rings. The number of hydrogen-bond acceptors (Lipinski definition) is 2. The summed E-state index contributed by atoms with van der Waals surface area (Å²) in [6.07, 6.45) is 2.44. The first kappa shape index (κ1) is 12.0. The Kier molecular flexibility index (Phi) is 3.96. The Balaban J connectivity index is 2.44. The molecule has 2 nitrogen and oxygen atoms in total. The Bertz CT molecular complexity index is 167. The van der Waals surface area contributed by atoms with Crippen LogP contribution in [0, 0.1) is 11.8 Å². The van der Waals surface area contributed by atoms with Crippen LogP contribution in [-0.4, -0.2) is 30.1 Å². The van der Waals surface area contributed by atoms with E-state index in [1.54, 1.807) is 0 Å². The highest BCUT2D eigenvalue weighted by Crippen LogP contribution is 2.22. The van der Waals surface area contributed by atoms with Crippen LogP contribution in [0.5, 0.6) is 0 Å². The van der Waals surface area contributed by atoms with E-state index in [-0.39, 0.29) is 5.54 Å². The third-order valence-corrected chi connectivity index (χ3v) is 3.34. The maximum absolute atomic E-state index is 6.20. The van der Waals surface area contributed by atoms with Gasteiger partial charge in [0.15, 0.2) is 0 Å². The minimum atomic E-state index is -0.00319. The maximum Gasteiger partial charge on any atom is 0.0252 e. The predicted octanol–water partition coefficient (Wildman–Crippen LogP) is 2.09. The van der Waals surface area contributed by atoms with Gasteiger partial charge >= 0.3 is 0 Å². The molecule has 1 heterocycles. The van der Waals surface area contributed by atoms with Gasteiger partial charge in [-0.25, -0.2) is 0 Å². The highest BCUT2D eigenvalue weighted by Gasteiger charge is 2.26. The SMILES string of the molecule is CCC(C)(N)CN1CC(C)CC(C)C1. The van der Waals surface area contributed by atoms with Crippen LogP contribution in [0.1, 0.15) is 40.5 Å². The fraction of sp³-hybridized carbons (Fsp3) is 1.00. The molecule has 1 rings (SSSR count). The monoisotopic (exact) mass is 198 g/mol. The summed E-state index contributed by atoms with van der Waals surface area (Å²) in [5, 5.41) is 0. The van der Waals surface area contributed by atoms with Crippen molar-refractivity contribution in [2.75, 3.05) is 19.6 Å². The quantitative estimate of drug-likeness (QED) is 0.752. The lowest BCUT2D eigenvalue weighted by Gasteiger charge is -2.39. The summed E-state index contributed by atoms with van der Waals surface area (Å²) in [6, 6.07) is 0. The van der Waals surface area contributed by atoms with Gasteiger partial charge in [-0.1, -0.05) is 20.8 Å². The Morgan fingerprint density at radius 3 is 2.21 bits per heavy atom. The molecule has 0 amide bonds. The van der Waals surface area contributed by atoms with Crippen LogP contribution < -0.4 is 5.73 Å². The molecule has 3 unspecified atom stereocenters. The van der Waals surface area contributed by atoms with E-state index in [1.807, 2.05) is 0 Å². The van der Waals surface area contributed by atoms with Gasteiger partial charge in [-0.3, -0.25) is 0 Å². The molecule has 1 saturated heterocycles. The zero-order valence-electron chi connectivity index (χ0n) is 10.2. The second-order valence-electron chi connectivity index (χ2n) is 5.65. The molecule has 0 aliphatic carbocycles. The van der Waals surface area contributed by atoms with Gasteiger partial charge in [0.1, 0.15) is 0 Å². The molecule has 0 radical (unpaired) electrons. The molecule has 14 heavy (non-hydrogen) atoms. The van der Waals surface area contributed by atoms with Crippen LogP contribution in [0.3, 0.4) is 0 Å². The van der Waals surface area contributed by atoms with E-state index in [0.717, 1.165) is 24.8 Å². The molecule has 0 bridgehead atoms. The summed E-state index contributed by atoms with van der Waals surface area (Å²) in [7, 11) is 0. The Morgan fingerprint density at radius 1 is 1.29 bits per heavy atom. The van der Waals surface area contributed by atoms with Gasteiger partial charge in [0.25, 0.3) is 0 Å². The van der Waals surface area contributed by atoms with Gasteiger partial charge in [0, 0.05) is 25.2 Å². The second kappa shape index (κ2) is 4.63. The van der Waals surface area contributed by atoms with E-state index in [0.29, 0.717) is 0 Å². The topological polar surface area (TPSA) is 29.3 Å². The third-order valence-electron chi connectivity index (χ3n) is 3.34. The van der Waals surface area contributed by atoms with Crippen LogP contribution in [0.15, 0.2) is 0 Å². The zero-order valence-corrected chi connectivity index (χ0v) is 10.2. The van der Waals surface area contributed by atoms with Gasteiger partial charge in [-0.2, -0.15) is 0 Å². The Morgan fingerprint density at radius 2 is 1.79 bits per heavy atom. The van der Waals surface area contributed by atoms with Gasteiger partial charge in [0.05, 0.1) is 0 Å². The Hall–Kier alpha value is -0.0800. The molecule has 0 saturated carbocycles. The standard InChI is InChI=1S/C12H26N2/c1-5-12(4,13)9-14-7-10(2)6-11(3)8-14/h10-11H,5-9,13H2,1-4H3. The molecule has 84 valence electrons. The van der Waals surface area contributed by atoms with Crippen LogP contribution in [0.25, 0.3) is 0 Å². The van der Waals surface area contributed by atoms with Gasteiger partial charge in [-0.05, 0) is 31.6 Å². The highest BCUT2D eigenvalue weighted by molar-refractivity contribution is 4.84. The minimum absolute atomic E-state index is 0.00319. The van der Waals surface area contributed by atoms with E-state index in [4.69, 9.17) is 5.73 Å². The predicted molar refractivity (Wildman–Crippen MR) is 62.3 cm³/mol. The van der Waals surface area contributed by atoms with Crippen molar-refractivity contribution in [2.45, 2.75) is 46.1 Å². The van der Waals surface area contributed by atoms with Gasteiger partial charge in [-0.15, -0.1) is 0 Å². The lowest BCUT2D eigenvalue weighted by molar-refractivity contribution is 0.115. The fourth-order valence-electron chi connectivity index (χ4n) is 2.54. The first-order valence-electron chi connectivity index (χ1n) is 5.94. The summed E-state index contributed by atoms with van der Waals surface area (Å²) < 4.78 is 0. The number of hydrogen-bond donors (Lipinski definition) is 1. The molecule has 0 aromatic rings. The lowest BCUT2D eigenvalue weighted by atomic mass is 9.90. The Labute approximate surface area is 88.8 Å². The van der Waals surface area contributed by atoms with Crippen molar-refractivity contribution in [3.8, 4) is 0 Å². The van der Waals surface area contributed by atoms with Crippen molar-refractivity contribution < 1.29 is 0 Å². The number of nitrogens with two attached hydrogens (primary N) is 1. The average molecular weight is 198 g/mol. The largest absolute Gasteiger partial charge is 0.324 e. The summed E-state index contributed by atoms with van der Waals surface area (Å²) in [5.41, 5.74) is 6.19. The highest BCUT2D eigenvalue weighted by atomic mass is 15.2. The lowest BCUT2D eigenvalue weighted by Crippen LogP contribution is -2.51. The number of likely N-dealkylation sites (tertiary alicyclic amines) is 1. The molecule has 2 N–H and O–H groups in total. The van der Waals surface area contributed by atoms with Crippen molar-refractivity contribution in [3.63, 3.8) is 0 Å². The molecule has 1 aliphatic rings. The first-order valence-corrected chi connectivity index (χ1v) is 5.94. The van der Waals surface area contributed by atoms with Crippen LogP contribution >= 0.6 is 0 Å². The van der Waals surface area contributed by atoms with Crippen molar-refractivity contribution in [3.05, 3.63) is 0 Å². The summed E-state index contributed by atoms with van der Waals surface area (Å²) in [6.45, 7) is 12.6. The second-order valence-corrected chi connectivity index (χ2v) is 5.65. The maximum atomic E-state index is 6.20. The number of rotatable bonds is 3. The van der Waals surface area contributed by atoms with E-state index in [9.17, 15) is 0 Å². The third kappa shape index (κ3) is 3.58. The van der Waals surface area contributed by atoms with E-state index in [1.165, 1.54) is 19.5 Å². The van der Waals surface area contributed by atoms with E-state index < -0.39 is 0 Å². The van der Waals surface area contributed by atoms with Crippen LogP contribution in [0.4, 0.5) is 0 Å². The van der Waals surface area contributed by atoms with Crippen molar-refractivity contribution in [1.29, 1.82) is 0 Å². The molecular weight excluding hydrogens is 172 g/mol. The van der Waals surface area contributed by atoms with Gasteiger partial charge < -0.3 is 10.6 Å². The number of nitrogens with zero attached hydrogens (tertiary/aromatic N) is 1. The molecule has 3 atom stereocenters. The van der Waals surface area contributed by atoms with E-state index >= 15 is 0 Å². The normalized spacial score (nSPS) is 34.1. The zero-order chi connectivity index (χ0) is 10.8. The molecule has 0 aromatic carbocycles. The summed E-state index contributed by atoms with van der Waals surface area (Å²) in [4.78, 5) is 2.54. The molecule has 1 aliphatic heterocycles. The summed E-state index contributed by atoms with van der Waals surface area (Å²) in [5.74, 6) is 1.68. The summed E-state index contributed by atoms with van der Waals surface area (Å²) >= 11 is 0. The van der Waals surface area contributed by atoms with Crippen LogP contribution in [-0.2, 0) is 0 Å². The van der Waals surface area contributed by atoms with Crippen LogP contribution in [0.2, 0.25) is 0 Å². The molecule has 0 spiro atoms.